The summed E-state index contributed by atoms with van der Waals surface area (Å²) in [7, 11) is -4.27. The number of alkyl halides is 3. The lowest BCUT2D eigenvalue weighted by Crippen LogP contribution is -2.61. The van der Waals surface area contributed by atoms with Crippen molar-refractivity contribution in [2.75, 3.05) is 19.6 Å². The van der Waals surface area contributed by atoms with Crippen LogP contribution in [-0.4, -0.2) is 61.5 Å². The molecule has 37 heavy (non-hydrogen) atoms. The number of hydrogen-bond donors (Lipinski definition) is 1. The molecule has 8 nitrogen and oxygen atoms in total. The van der Waals surface area contributed by atoms with Crippen LogP contribution in [0.3, 0.4) is 0 Å². The Balaban J connectivity index is 1.80. The Kier molecular flexibility index (Phi) is 8.23. The molecule has 1 atom stereocenters. The van der Waals surface area contributed by atoms with Crippen molar-refractivity contribution in [1.29, 1.82) is 0 Å². The predicted octanol–water partition coefficient (Wildman–Crippen LogP) is 3.42. The molecular formula is C25H30F3N3O5S. The maximum absolute atomic E-state index is 13.4. The number of sulfonamides is 1. The number of ether oxygens (including phenoxy) is 1. The molecular weight excluding hydrogens is 511 g/mol. The van der Waals surface area contributed by atoms with E-state index in [4.69, 9.17) is 0 Å². The number of carbonyl (C=O) groups is 2. The molecule has 0 unspecified atom stereocenters. The first kappa shape index (κ1) is 28.5. The van der Waals surface area contributed by atoms with Gasteiger partial charge in [-0.2, -0.15) is 4.31 Å². The molecule has 12 heteroatoms. The molecule has 0 spiro atoms. The third-order valence-electron chi connectivity index (χ3n) is 6.03. The third-order valence-corrected chi connectivity index (χ3v) is 7.95. The lowest BCUT2D eigenvalue weighted by atomic mass is 9.87. The lowest BCUT2D eigenvalue weighted by molar-refractivity contribution is -0.274. The highest BCUT2D eigenvalue weighted by Crippen LogP contribution is 2.27. The zero-order valence-corrected chi connectivity index (χ0v) is 21.8. The highest BCUT2D eigenvalue weighted by Gasteiger charge is 2.41. The SMILES string of the molecule is CC(=O)N1CCN(S(=O)(=O)c2ccc(OC(F)(F)F)cc2)[C@@H](C(=O)NCc2ccc(C(C)(C)C)cc2)C1. The Morgan fingerprint density at radius 2 is 1.59 bits per heavy atom. The first-order valence-electron chi connectivity index (χ1n) is 11.6. The fraction of sp³-hybridized carbons (Fsp3) is 0.440. The van der Waals surface area contributed by atoms with Crippen molar-refractivity contribution in [3.05, 3.63) is 59.7 Å². The standard InChI is InChI=1S/C25H30F3N3O5S/c1-17(32)30-13-14-31(37(34,35)21-11-9-20(10-12-21)36-25(26,27)28)22(16-30)23(33)29-15-18-5-7-19(8-6-18)24(2,3)4/h5-12,22H,13-16H2,1-4H3,(H,29,33)/t22-/m1/s1. The minimum atomic E-state index is -4.92. The summed E-state index contributed by atoms with van der Waals surface area (Å²) in [6.07, 6.45) is -4.92. The first-order chi connectivity index (χ1) is 17.1. The summed E-state index contributed by atoms with van der Waals surface area (Å²) >= 11 is 0. The summed E-state index contributed by atoms with van der Waals surface area (Å²) in [5, 5.41) is 2.75. The zero-order chi connectivity index (χ0) is 27.6. The molecule has 0 aromatic heterocycles. The van der Waals surface area contributed by atoms with Crippen molar-refractivity contribution in [2.24, 2.45) is 0 Å². The van der Waals surface area contributed by atoms with E-state index in [9.17, 15) is 31.2 Å². The van der Waals surface area contributed by atoms with E-state index in [2.05, 4.69) is 30.8 Å². The highest BCUT2D eigenvalue weighted by atomic mass is 32.2. The quantitative estimate of drug-likeness (QED) is 0.605. The molecule has 2 aromatic carbocycles. The van der Waals surface area contributed by atoms with Crippen molar-refractivity contribution in [2.45, 2.75) is 57.0 Å². The van der Waals surface area contributed by atoms with Gasteiger partial charge in [0.1, 0.15) is 11.8 Å². The molecule has 2 amide bonds. The van der Waals surface area contributed by atoms with E-state index in [1.807, 2.05) is 24.3 Å². The van der Waals surface area contributed by atoms with Gasteiger partial charge in [-0.1, -0.05) is 45.0 Å². The van der Waals surface area contributed by atoms with Gasteiger partial charge in [0.15, 0.2) is 0 Å². The van der Waals surface area contributed by atoms with E-state index in [1.54, 1.807) is 0 Å². The molecule has 1 aliphatic heterocycles. The number of nitrogens with one attached hydrogen (secondary N) is 1. The first-order valence-corrected chi connectivity index (χ1v) is 13.0. The number of benzene rings is 2. The molecule has 0 saturated carbocycles. The van der Waals surface area contributed by atoms with E-state index in [1.165, 1.54) is 11.8 Å². The fourth-order valence-corrected chi connectivity index (χ4v) is 5.50. The van der Waals surface area contributed by atoms with Gasteiger partial charge < -0.3 is 15.0 Å². The van der Waals surface area contributed by atoms with Crippen LogP contribution in [-0.2, 0) is 31.6 Å². The van der Waals surface area contributed by atoms with Crippen LogP contribution in [0.15, 0.2) is 53.4 Å². The van der Waals surface area contributed by atoms with Crippen LogP contribution in [0.5, 0.6) is 5.75 Å². The molecule has 1 fully saturated rings. The van der Waals surface area contributed by atoms with E-state index < -0.39 is 34.1 Å². The highest BCUT2D eigenvalue weighted by molar-refractivity contribution is 7.89. The molecule has 3 rings (SSSR count). The Morgan fingerprint density at radius 3 is 2.11 bits per heavy atom. The maximum atomic E-state index is 13.4. The summed E-state index contributed by atoms with van der Waals surface area (Å²) in [5.74, 6) is -1.47. The van der Waals surface area contributed by atoms with Gasteiger partial charge in [0.05, 0.1) is 4.90 Å². The molecule has 0 bridgehead atoms. The maximum Gasteiger partial charge on any atom is 0.573 e. The normalized spacial score (nSPS) is 17.4. The summed E-state index contributed by atoms with van der Waals surface area (Å²) in [6, 6.07) is 10.2. The van der Waals surface area contributed by atoms with E-state index in [-0.39, 0.29) is 42.4 Å². The monoisotopic (exact) mass is 541 g/mol. The Morgan fingerprint density at radius 1 is 1.00 bits per heavy atom. The van der Waals surface area contributed by atoms with Crippen LogP contribution in [0, 0.1) is 0 Å². The van der Waals surface area contributed by atoms with Crippen LogP contribution in [0.25, 0.3) is 0 Å². The number of halogens is 3. The zero-order valence-electron chi connectivity index (χ0n) is 21.0. The minimum absolute atomic E-state index is 0.0358. The molecule has 1 heterocycles. The number of hydrogen-bond acceptors (Lipinski definition) is 5. The van der Waals surface area contributed by atoms with Gasteiger partial charge in [-0.25, -0.2) is 8.42 Å². The van der Waals surface area contributed by atoms with Crippen LogP contribution < -0.4 is 10.1 Å². The topological polar surface area (TPSA) is 96.0 Å². The predicted molar refractivity (Wildman–Crippen MR) is 130 cm³/mol. The minimum Gasteiger partial charge on any atom is -0.406 e. The summed E-state index contributed by atoms with van der Waals surface area (Å²) in [6.45, 7) is 7.49. The van der Waals surface area contributed by atoms with E-state index in [0.29, 0.717) is 0 Å². The average molecular weight is 542 g/mol. The van der Waals surface area contributed by atoms with Crippen LogP contribution in [0.1, 0.15) is 38.8 Å². The molecule has 2 aromatic rings. The van der Waals surface area contributed by atoms with Gasteiger partial charge in [-0.3, -0.25) is 9.59 Å². The van der Waals surface area contributed by atoms with Gasteiger partial charge >= 0.3 is 6.36 Å². The lowest BCUT2D eigenvalue weighted by Gasteiger charge is -2.39. The summed E-state index contributed by atoms with van der Waals surface area (Å²) in [4.78, 5) is 26.2. The summed E-state index contributed by atoms with van der Waals surface area (Å²) < 4.78 is 68.8. The van der Waals surface area contributed by atoms with Gasteiger partial charge in [0.2, 0.25) is 21.8 Å². The van der Waals surface area contributed by atoms with Crippen molar-refractivity contribution in [1.82, 2.24) is 14.5 Å². The molecule has 0 aliphatic carbocycles. The van der Waals surface area contributed by atoms with Crippen LogP contribution in [0.4, 0.5) is 13.2 Å². The van der Waals surface area contributed by atoms with Gasteiger partial charge in [0, 0.05) is 33.1 Å². The van der Waals surface area contributed by atoms with Crippen LogP contribution >= 0.6 is 0 Å². The van der Waals surface area contributed by atoms with Crippen molar-refractivity contribution in [3.8, 4) is 5.75 Å². The Bertz CT molecular complexity index is 1220. The number of rotatable bonds is 6. The number of nitrogens with zero attached hydrogens (tertiary/aromatic N) is 2. The van der Waals surface area contributed by atoms with Gasteiger partial charge in [-0.05, 0) is 40.8 Å². The number of piperazine rings is 1. The third kappa shape index (κ3) is 7.22. The second-order valence-electron chi connectivity index (χ2n) is 9.78. The van der Waals surface area contributed by atoms with Crippen molar-refractivity contribution >= 4 is 21.8 Å². The smallest absolute Gasteiger partial charge is 0.406 e. The van der Waals surface area contributed by atoms with Crippen molar-refractivity contribution < 1.29 is 35.9 Å². The Hall–Kier alpha value is -3.12. The molecule has 1 aliphatic rings. The number of carbonyl (C=O) groups excluding carboxylic acids is 2. The van der Waals surface area contributed by atoms with E-state index in [0.717, 1.165) is 39.7 Å². The van der Waals surface area contributed by atoms with Crippen LogP contribution in [0.2, 0.25) is 0 Å². The Labute approximate surface area is 214 Å². The molecule has 202 valence electrons. The van der Waals surface area contributed by atoms with Gasteiger partial charge in [-0.15, -0.1) is 13.2 Å². The average Bonchev–Trinajstić information content (AvgIpc) is 2.81. The molecule has 1 saturated heterocycles. The largest absolute Gasteiger partial charge is 0.573 e. The molecule has 1 N–H and O–H groups in total. The van der Waals surface area contributed by atoms with Gasteiger partial charge in [0.25, 0.3) is 0 Å². The fourth-order valence-electron chi connectivity index (χ4n) is 3.93. The summed E-state index contributed by atoms with van der Waals surface area (Å²) in [5.41, 5.74) is 1.90. The number of amides is 2. The molecule has 0 radical (unpaired) electrons. The van der Waals surface area contributed by atoms with E-state index >= 15 is 0 Å². The second-order valence-corrected chi connectivity index (χ2v) is 11.7. The van der Waals surface area contributed by atoms with Crippen molar-refractivity contribution in [3.63, 3.8) is 0 Å². The second kappa shape index (κ2) is 10.7.